The lowest BCUT2D eigenvalue weighted by atomic mass is 9.95. The SMILES string of the molecule is C[C@@H]1NC(=O)CCCCc2cn(nn2)CCC[C@@H](C(N)=O)NC(=O)[C@]2(C)CCCN2C(=O)[C@H](Cc2ccc(O)cc2)NC(=O)[C@H](Cc2cnc[nH]2)NC(=O)[C@H](CC(=O)O)NC(=O)[C@H](Cc2c[nH]c3ccc(F)cc23)NC(=O)[C@H](Cc2c[nH]c3ccc(F)cc23)NC(=O)CNC1=O. The molecule has 10 amide bonds. The number of carboxylic acid groups (broad SMARTS) is 1. The summed E-state index contributed by atoms with van der Waals surface area (Å²) in [7, 11) is 0. The summed E-state index contributed by atoms with van der Waals surface area (Å²) in [6, 6.07) is 2.27. The largest absolute Gasteiger partial charge is 0.508 e. The molecule has 30 nitrogen and oxygen atoms in total. The number of nitrogens with zero attached hydrogens (tertiary/aromatic N) is 5. The number of primary amides is 1. The van der Waals surface area contributed by atoms with Crippen molar-refractivity contribution >= 4 is 86.8 Å². The smallest absolute Gasteiger partial charge is 0.305 e. The van der Waals surface area contributed by atoms with Crippen molar-refractivity contribution in [2.75, 3.05) is 13.1 Å². The molecule has 8 atom stereocenters. The Morgan fingerprint density at radius 3 is 1.86 bits per heavy atom. The van der Waals surface area contributed by atoms with Crippen LogP contribution in [0.3, 0.4) is 0 Å². The van der Waals surface area contributed by atoms with E-state index in [1.54, 1.807) is 10.9 Å². The number of H-pyrrole nitrogens is 3. The molecule has 3 aromatic carbocycles. The molecular formula is C64H75F2N17O13. The molecule has 0 saturated carbocycles. The summed E-state index contributed by atoms with van der Waals surface area (Å²) in [5.74, 6) is -12.1. The Kier molecular flexibility index (Phi) is 22.5. The number of carboxylic acids is 1. The third kappa shape index (κ3) is 18.0. The van der Waals surface area contributed by atoms with Crippen LogP contribution in [-0.4, -0.2) is 176 Å². The van der Waals surface area contributed by atoms with E-state index in [-0.39, 0.29) is 80.4 Å². The number of carbonyl (C=O) groups is 11. The number of imidazole rings is 1. The van der Waals surface area contributed by atoms with Crippen LogP contribution in [0.5, 0.6) is 5.75 Å². The van der Waals surface area contributed by atoms with E-state index in [0.717, 1.165) is 6.07 Å². The number of aryl methyl sites for hydroxylation is 2. The van der Waals surface area contributed by atoms with Crippen molar-refractivity contribution in [2.24, 2.45) is 5.73 Å². The first-order valence-electron chi connectivity index (χ1n) is 31.3. The minimum atomic E-state index is -2.04. The van der Waals surface area contributed by atoms with Gasteiger partial charge in [0.1, 0.15) is 65.2 Å². The highest BCUT2D eigenvalue weighted by Crippen LogP contribution is 2.31. The van der Waals surface area contributed by atoms with E-state index < -0.39 is 144 Å². The molecule has 2 aliphatic rings. The lowest BCUT2D eigenvalue weighted by molar-refractivity contribution is -0.147. The summed E-state index contributed by atoms with van der Waals surface area (Å²) in [6.07, 6.45) is 6.67. The molecule has 15 N–H and O–H groups in total. The number of nitrogens with two attached hydrogens (primary N) is 1. The first-order chi connectivity index (χ1) is 45.9. The number of phenolic OH excluding ortho intramolecular Hbond substituents is 1. The van der Waals surface area contributed by atoms with Crippen molar-refractivity contribution in [3.63, 3.8) is 0 Å². The second-order valence-electron chi connectivity index (χ2n) is 24.2. The number of amides is 10. The van der Waals surface area contributed by atoms with Gasteiger partial charge in [-0.2, -0.15) is 0 Å². The predicted molar refractivity (Wildman–Crippen MR) is 338 cm³/mol. The topological polar surface area (TPSA) is 445 Å². The number of aromatic nitrogens is 7. The van der Waals surface area contributed by atoms with Crippen LogP contribution in [0.4, 0.5) is 8.78 Å². The van der Waals surface area contributed by atoms with Crippen molar-refractivity contribution < 1.29 is 71.7 Å². The Morgan fingerprint density at radius 1 is 0.656 bits per heavy atom. The van der Waals surface area contributed by atoms with Crippen molar-refractivity contribution in [3.05, 3.63) is 131 Å². The fraction of sp³-hybridized carbons (Fsp3) is 0.406. The third-order valence-electron chi connectivity index (χ3n) is 17.0. The van der Waals surface area contributed by atoms with E-state index in [0.29, 0.717) is 58.9 Å². The number of benzene rings is 3. The Labute approximate surface area is 546 Å². The molecule has 2 aliphatic heterocycles. The van der Waals surface area contributed by atoms with Gasteiger partial charge in [0.2, 0.25) is 59.1 Å². The van der Waals surface area contributed by atoms with E-state index in [1.807, 2.05) is 0 Å². The van der Waals surface area contributed by atoms with Gasteiger partial charge in [0.05, 0.1) is 25.0 Å². The average Bonchev–Trinajstić information content (AvgIpc) is 1.59. The van der Waals surface area contributed by atoms with Gasteiger partial charge >= 0.3 is 5.97 Å². The number of hydrogen-bond donors (Lipinski definition) is 14. The van der Waals surface area contributed by atoms with Crippen LogP contribution in [0.2, 0.25) is 0 Å². The highest BCUT2D eigenvalue weighted by atomic mass is 19.1. The number of phenols is 1. The molecule has 9 rings (SSSR count). The van der Waals surface area contributed by atoms with Gasteiger partial charge in [-0.25, -0.2) is 13.8 Å². The second kappa shape index (κ2) is 31.2. The lowest BCUT2D eigenvalue weighted by Crippen LogP contribution is -2.63. The van der Waals surface area contributed by atoms with Crippen LogP contribution in [-0.2, 0) is 91.4 Å². The number of carbonyl (C=O) groups excluding carboxylic acids is 10. The highest BCUT2D eigenvalue weighted by Gasteiger charge is 2.48. The highest BCUT2D eigenvalue weighted by molar-refractivity contribution is 6.00. The summed E-state index contributed by atoms with van der Waals surface area (Å²) < 4.78 is 31.2. The van der Waals surface area contributed by atoms with Gasteiger partial charge in [-0.1, -0.05) is 17.3 Å². The Morgan fingerprint density at radius 2 is 1.25 bits per heavy atom. The van der Waals surface area contributed by atoms with Gasteiger partial charge in [-0.05, 0) is 124 Å². The van der Waals surface area contributed by atoms with Crippen LogP contribution < -0.4 is 48.3 Å². The van der Waals surface area contributed by atoms with E-state index in [9.17, 15) is 66.9 Å². The summed E-state index contributed by atoms with van der Waals surface area (Å²) in [6.45, 7) is 2.43. The molecule has 7 aromatic rings. The zero-order chi connectivity index (χ0) is 68.8. The number of nitrogens with one attached hydrogen (secondary N) is 11. The quantitative estimate of drug-likeness (QED) is 0.0828. The fourth-order valence-corrected chi connectivity index (χ4v) is 11.8. The molecule has 0 radical (unpaired) electrons. The van der Waals surface area contributed by atoms with Gasteiger partial charge in [0, 0.05) is 97.5 Å². The molecule has 0 aliphatic carbocycles. The molecule has 32 heteroatoms. The zero-order valence-electron chi connectivity index (χ0n) is 52.5. The maximum absolute atomic E-state index is 15.1. The third-order valence-corrected chi connectivity index (χ3v) is 17.0. The van der Waals surface area contributed by atoms with E-state index in [4.69, 9.17) is 5.73 Å². The summed E-state index contributed by atoms with van der Waals surface area (Å²) >= 11 is 0. The molecule has 96 heavy (non-hydrogen) atoms. The first-order valence-corrected chi connectivity index (χ1v) is 31.3. The minimum Gasteiger partial charge on any atom is -0.508 e. The van der Waals surface area contributed by atoms with Gasteiger partial charge < -0.3 is 78.3 Å². The molecule has 508 valence electrons. The van der Waals surface area contributed by atoms with Crippen LogP contribution >= 0.6 is 0 Å². The van der Waals surface area contributed by atoms with Gasteiger partial charge in [-0.3, -0.25) is 57.4 Å². The van der Waals surface area contributed by atoms with Crippen molar-refractivity contribution in [3.8, 4) is 5.75 Å². The lowest BCUT2D eigenvalue weighted by Gasteiger charge is -2.37. The van der Waals surface area contributed by atoms with Crippen LogP contribution in [0.25, 0.3) is 21.8 Å². The maximum atomic E-state index is 15.1. The van der Waals surface area contributed by atoms with Gasteiger partial charge in [-0.15, -0.1) is 5.10 Å². The molecule has 6 heterocycles. The molecule has 1 saturated heterocycles. The molecule has 1 fully saturated rings. The minimum absolute atomic E-state index is 0.00952. The van der Waals surface area contributed by atoms with E-state index in [2.05, 4.69) is 72.8 Å². The number of rotatable bonds is 11. The number of hydrogen-bond acceptors (Lipinski definition) is 15. The van der Waals surface area contributed by atoms with Crippen LogP contribution in [0, 0.1) is 11.6 Å². The van der Waals surface area contributed by atoms with Gasteiger partial charge in [0.25, 0.3) is 0 Å². The van der Waals surface area contributed by atoms with Crippen molar-refractivity contribution in [1.82, 2.24) is 82.4 Å². The molecule has 4 aromatic heterocycles. The molecular weight excluding hydrogens is 1250 g/mol. The molecule has 0 spiro atoms. The summed E-state index contributed by atoms with van der Waals surface area (Å²) in [5.41, 5.74) is 6.91. The summed E-state index contributed by atoms with van der Waals surface area (Å²) in [5, 5.41) is 50.0. The summed E-state index contributed by atoms with van der Waals surface area (Å²) in [4.78, 5) is 169. The predicted octanol–water partition coefficient (Wildman–Crippen LogP) is 0.296. The zero-order valence-corrected chi connectivity index (χ0v) is 52.5. The standard InChI is InChI=1S/C64H75F2N17O13/c1-34-57(90)71-31-54(86)74-48(22-36-28-69-45-16-12-38(65)24-43(36)45)58(91)75-49(23-37-29-70-46-17-13-39(66)25-44(37)46)59(92)77-51(27-55(87)88)61(94)76-50(26-41-30-68-33-72-41)60(93)78-52(21-35-10-14-42(84)15-11-35)62(95)83-20-6-18-64(83,2)63(96)79-47(56(67)89)8-5-19-82-32-40(80-81-82)7-3-4-9-53(85)73-34/h10-17,24-25,28-30,32-34,47-52,69-70,84H,3-9,18-23,26-27,31H2,1-2H3,(H2,67,89)(H,68,72)(H,71,90)(H,73,85)(H,74,86)(H,75,91)(H,76,94)(H,77,92)(H,78,93)(H,79,96)(H,87,88)/t34-,47-,48-,49-,50-,51-,52-,64-/m0/s1. The molecule has 2 bridgehead atoms. The fourth-order valence-electron chi connectivity index (χ4n) is 11.8. The molecule has 0 unspecified atom stereocenters. The first kappa shape index (κ1) is 69.3. The van der Waals surface area contributed by atoms with E-state index in [1.165, 1.54) is 98.3 Å². The van der Waals surface area contributed by atoms with Crippen LogP contribution in [0.1, 0.15) is 93.3 Å². The normalized spacial score (nSPS) is 23.3. The Bertz CT molecular complexity index is 4020. The number of aromatic amines is 3. The van der Waals surface area contributed by atoms with Crippen molar-refractivity contribution in [1.29, 1.82) is 0 Å². The number of aromatic hydroxyl groups is 1. The van der Waals surface area contributed by atoms with Gasteiger partial charge in [0.15, 0.2) is 0 Å². The van der Waals surface area contributed by atoms with Crippen molar-refractivity contribution in [2.45, 2.75) is 152 Å². The number of halogens is 2. The Balaban J connectivity index is 1.04. The average molecular weight is 1330 g/mol. The van der Waals surface area contributed by atoms with E-state index >= 15 is 4.79 Å². The van der Waals surface area contributed by atoms with Crippen LogP contribution in [0.15, 0.2) is 91.8 Å². The monoisotopic (exact) mass is 1330 g/mol. The number of aliphatic carboxylic acids is 1. The number of fused-ring (bicyclic) bond motifs is 5. The Hall–Kier alpha value is -11.1. The maximum Gasteiger partial charge on any atom is 0.305 e. The second-order valence-corrected chi connectivity index (χ2v) is 24.2.